The average molecular weight is 490 g/mol. The highest BCUT2D eigenvalue weighted by molar-refractivity contribution is 14.0. The molecule has 2 heterocycles. The van der Waals surface area contributed by atoms with Gasteiger partial charge in [0, 0.05) is 45.6 Å². The van der Waals surface area contributed by atoms with Gasteiger partial charge in [-0.2, -0.15) is 0 Å². The van der Waals surface area contributed by atoms with E-state index in [2.05, 4.69) is 36.1 Å². The fourth-order valence-corrected chi connectivity index (χ4v) is 2.95. The van der Waals surface area contributed by atoms with Gasteiger partial charge in [-0.05, 0) is 44.1 Å². The van der Waals surface area contributed by atoms with Gasteiger partial charge in [0.05, 0.1) is 13.2 Å². The van der Waals surface area contributed by atoms with Gasteiger partial charge in [0.15, 0.2) is 5.96 Å². The zero-order chi connectivity index (χ0) is 18.6. The van der Waals surface area contributed by atoms with Crippen LogP contribution in [0.3, 0.4) is 0 Å². The molecule has 0 unspecified atom stereocenters. The molecule has 0 amide bonds. The molecule has 0 atom stereocenters. The molecule has 154 valence electrons. The van der Waals surface area contributed by atoms with E-state index < -0.39 is 0 Å². The van der Waals surface area contributed by atoms with Crippen LogP contribution in [-0.4, -0.2) is 55.8 Å². The maximum Gasteiger partial charge on any atom is 0.213 e. The summed E-state index contributed by atoms with van der Waals surface area (Å²) in [5.41, 5.74) is 1.09. The van der Waals surface area contributed by atoms with Crippen LogP contribution in [0.4, 0.5) is 0 Å². The zero-order valence-electron chi connectivity index (χ0n) is 16.9. The normalized spacial score (nSPS) is 15.1. The Morgan fingerprint density at radius 3 is 2.74 bits per heavy atom. The lowest BCUT2D eigenvalue weighted by Gasteiger charge is -2.26. The molecule has 27 heavy (non-hydrogen) atoms. The number of hydrogen-bond acceptors (Lipinski definition) is 4. The molecule has 1 aromatic rings. The number of ether oxygens (including phenoxy) is 2. The lowest BCUT2D eigenvalue weighted by atomic mass is 9.96. The van der Waals surface area contributed by atoms with Crippen molar-refractivity contribution in [1.29, 1.82) is 0 Å². The number of aliphatic imine (C=N–C) groups is 1. The van der Waals surface area contributed by atoms with Crippen LogP contribution < -0.4 is 10.1 Å². The highest BCUT2D eigenvalue weighted by Crippen LogP contribution is 2.18. The van der Waals surface area contributed by atoms with E-state index in [0.29, 0.717) is 19.0 Å². The van der Waals surface area contributed by atoms with E-state index >= 15 is 0 Å². The SMILES string of the molecule is CCCOc1ccc(CN=C(NCC)N(C)CCC2CCOCC2)cn1.I. The van der Waals surface area contributed by atoms with Crippen molar-refractivity contribution in [2.75, 3.05) is 40.0 Å². The quantitative estimate of drug-likeness (QED) is 0.325. The van der Waals surface area contributed by atoms with Gasteiger partial charge >= 0.3 is 0 Å². The van der Waals surface area contributed by atoms with E-state index in [1.807, 2.05) is 18.3 Å². The smallest absolute Gasteiger partial charge is 0.213 e. The molecule has 6 nitrogen and oxygen atoms in total. The summed E-state index contributed by atoms with van der Waals surface area (Å²) in [5.74, 6) is 2.40. The third kappa shape index (κ3) is 9.10. The zero-order valence-corrected chi connectivity index (χ0v) is 19.3. The predicted octanol–water partition coefficient (Wildman–Crippen LogP) is 3.70. The molecule has 1 aromatic heterocycles. The number of nitrogens with zero attached hydrogens (tertiary/aromatic N) is 3. The van der Waals surface area contributed by atoms with Crippen LogP contribution in [-0.2, 0) is 11.3 Å². The first kappa shape index (κ1) is 23.9. The lowest BCUT2D eigenvalue weighted by molar-refractivity contribution is 0.0625. The second-order valence-electron chi connectivity index (χ2n) is 6.79. The van der Waals surface area contributed by atoms with Gasteiger partial charge in [0.2, 0.25) is 5.88 Å². The maximum absolute atomic E-state index is 5.53. The summed E-state index contributed by atoms with van der Waals surface area (Å²) in [7, 11) is 2.11. The Labute approximate surface area is 181 Å². The molecule has 2 rings (SSSR count). The van der Waals surface area contributed by atoms with Crippen LogP contribution >= 0.6 is 24.0 Å². The minimum Gasteiger partial charge on any atom is -0.478 e. The minimum absolute atomic E-state index is 0. The van der Waals surface area contributed by atoms with Crippen molar-refractivity contribution in [3.8, 4) is 5.88 Å². The van der Waals surface area contributed by atoms with E-state index in [4.69, 9.17) is 14.5 Å². The number of nitrogens with one attached hydrogen (secondary N) is 1. The van der Waals surface area contributed by atoms with Gasteiger partial charge in [-0.3, -0.25) is 0 Å². The summed E-state index contributed by atoms with van der Waals surface area (Å²) in [6.07, 6.45) is 6.38. The van der Waals surface area contributed by atoms with E-state index in [1.165, 1.54) is 19.3 Å². The number of hydrogen-bond donors (Lipinski definition) is 1. The molecular weight excluding hydrogens is 455 g/mol. The summed E-state index contributed by atoms with van der Waals surface area (Å²) in [5, 5.41) is 3.39. The number of aromatic nitrogens is 1. The fourth-order valence-electron chi connectivity index (χ4n) is 2.95. The highest BCUT2D eigenvalue weighted by Gasteiger charge is 2.15. The van der Waals surface area contributed by atoms with Gasteiger partial charge < -0.3 is 19.7 Å². The summed E-state index contributed by atoms with van der Waals surface area (Å²) < 4.78 is 11.0. The molecule has 0 spiro atoms. The molecule has 1 fully saturated rings. The second kappa shape index (κ2) is 14.0. The number of halogens is 1. The summed E-state index contributed by atoms with van der Waals surface area (Å²) >= 11 is 0. The van der Waals surface area contributed by atoms with Crippen molar-refractivity contribution in [3.05, 3.63) is 23.9 Å². The molecule has 1 N–H and O–H groups in total. The molecule has 7 heteroatoms. The molecule has 0 aliphatic carbocycles. The van der Waals surface area contributed by atoms with Crippen LogP contribution in [0.1, 0.15) is 45.1 Å². The van der Waals surface area contributed by atoms with Gasteiger partial charge in [0.1, 0.15) is 0 Å². The average Bonchev–Trinajstić information content (AvgIpc) is 2.69. The largest absolute Gasteiger partial charge is 0.478 e. The van der Waals surface area contributed by atoms with Crippen LogP contribution in [0, 0.1) is 5.92 Å². The monoisotopic (exact) mass is 490 g/mol. The highest BCUT2D eigenvalue weighted by atomic mass is 127. The Kier molecular flexibility index (Phi) is 12.4. The van der Waals surface area contributed by atoms with Crippen molar-refractivity contribution in [3.63, 3.8) is 0 Å². The van der Waals surface area contributed by atoms with E-state index in [1.54, 1.807) is 0 Å². The predicted molar refractivity (Wildman–Crippen MR) is 121 cm³/mol. The number of guanidine groups is 1. The van der Waals surface area contributed by atoms with Crippen molar-refractivity contribution in [1.82, 2.24) is 15.2 Å². The van der Waals surface area contributed by atoms with Crippen LogP contribution in [0.2, 0.25) is 0 Å². The van der Waals surface area contributed by atoms with Gasteiger partial charge in [-0.1, -0.05) is 13.0 Å². The standard InChI is InChI=1S/C20H34N4O2.HI/c1-4-12-26-19-7-6-18(15-22-19)16-23-20(21-5-2)24(3)11-8-17-9-13-25-14-10-17;/h6-7,15,17H,4-5,8-14,16H2,1-3H3,(H,21,23);1H. The fraction of sp³-hybridized carbons (Fsp3) is 0.700. The third-order valence-electron chi connectivity index (χ3n) is 4.57. The Morgan fingerprint density at radius 2 is 2.11 bits per heavy atom. The van der Waals surface area contributed by atoms with Gasteiger partial charge in [-0.15, -0.1) is 24.0 Å². The van der Waals surface area contributed by atoms with Crippen molar-refractivity contribution in [2.24, 2.45) is 10.9 Å². The molecule has 1 aliphatic rings. The topological polar surface area (TPSA) is 59.0 Å². The summed E-state index contributed by atoms with van der Waals surface area (Å²) in [6.45, 7) is 9.20. The minimum atomic E-state index is 0. The summed E-state index contributed by atoms with van der Waals surface area (Å²) in [6, 6.07) is 3.95. The van der Waals surface area contributed by atoms with Gasteiger partial charge in [0.25, 0.3) is 0 Å². The third-order valence-corrected chi connectivity index (χ3v) is 4.57. The van der Waals surface area contributed by atoms with Gasteiger partial charge in [-0.25, -0.2) is 9.98 Å². The van der Waals surface area contributed by atoms with Crippen LogP contribution in [0.25, 0.3) is 0 Å². The van der Waals surface area contributed by atoms with Crippen LogP contribution in [0.5, 0.6) is 5.88 Å². The first-order valence-electron chi connectivity index (χ1n) is 9.87. The van der Waals surface area contributed by atoms with Crippen molar-refractivity contribution >= 4 is 29.9 Å². The Bertz CT molecular complexity index is 533. The lowest BCUT2D eigenvalue weighted by Crippen LogP contribution is -2.40. The van der Waals surface area contributed by atoms with Crippen molar-refractivity contribution < 1.29 is 9.47 Å². The molecule has 1 aliphatic heterocycles. The Hall–Kier alpha value is -1.09. The first-order valence-corrected chi connectivity index (χ1v) is 9.87. The molecule has 0 bridgehead atoms. The van der Waals surface area contributed by atoms with E-state index in [-0.39, 0.29) is 24.0 Å². The molecule has 0 aromatic carbocycles. The molecule has 0 radical (unpaired) electrons. The first-order chi connectivity index (χ1) is 12.7. The van der Waals surface area contributed by atoms with E-state index in [9.17, 15) is 0 Å². The van der Waals surface area contributed by atoms with Crippen LogP contribution in [0.15, 0.2) is 23.3 Å². The maximum atomic E-state index is 5.53. The molecule has 1 saturated heterocycles. The summed E-state index contributed by atoms with van der Waals surface area (Å²) in [4.78, 5) is 11.3. The Morgan fingerprint density at radius 1 is 1.33 bits per heavy atom. The molecule has 0 saturated carbocycles. The van der Waals surface area contributed by atoms with Crippen molar-refractivity contribution in [2.45, 2.75) is 46.1 Å². The molecular formula is C20H35IN4O2. The van der Waals surface area contributed by atoms with E-state index in [0.717, 1.165) is 50.2 Å². The Balaban J connectivity index is 0.00000364. The second-order valence-corrected chi connectivity index (χ2v) is 6.79. The number of pyridine rings is 1. The number of rotatable bonds is 9.